The molecule has 1 rings (SSSR count). The normalized spacial score (nSPS) is 11.6. The smallest absolute Gasteiger partial charge is 0.121 e. The van der Waals surface area contributed by atoms with Crippen molar-refractivity contribution in [3.8, 4) is 5.75 Å². The highest BCUT2D eigenvalue weighted by Gasteiger charge is 2.22. The first kappa shape index (κ1) is 13.8. The van der Waals surface area contributed by atoms with Crippen LogP contribution in [0.1, 0.15) is 33.3 Å². The van der Waals surface area contributed by atoms with Gasteiger partial charge in [-0.15, -0.1) is 0 Å². The third-order valence-corrected chi connectivity index (χ3v) is 3.35. The van der Waals surface area contributed by atoms with Crippen molar-refractivity contribution in [1.29, 1.82) is 0 Å². The lowest BCUT2D eigenvalue weighted by molar-refractivity contribution is 0.438. The summed E-state index contributed by atoms with van der Waals surface area (Å²) in [6.07, 6.45) is 0. The zero-order chi connectivity index (χ0) is 13.1. The zero-order valence-corrected chi connectivity index (χ0v) is 11.3. The van der Waals surface area contributed by atoms with Crippen LogP contribution in [0, 0.1) is 0 Å². The molecule has 0 unspecified atom stereocenters. The fourth-order valence-electron chi connectivity index (χ4n) is 1.99. The standard InChI is InChI=1S/C14H24N2O/c1-5-16(6-2)11-7-8-12(13(17)9-11)14(3,4)10-15/h7-9,17H,5-6,10,15H2,1-4H3. The van der Waals surface area contributed by atoms with Gasteiger partial charge in [0.15, 0.2) is 0 Å². The zero-order valence-electron chi connectivity index (χ0n) is 11.3. The monoisotopic (exact) mass is 236 g/mol. The van der Waals surface area contributed by atoms with Gasteiger partial charge < -0.3 is 15.7 Å². The molecule has 0 amide bonds. The summed E-state index contributed by atoms with van der Waals surface area (Å²) in [6, 6.07) is 5.87. The molecule has 0 saturated heterocycles. The van der Waals surface area contributed by atoms with Crippen LogP contribution in [0.2, 0.25) is 0 Å². The van der Waals surface area contributed by atoms with E-state index >= 15 is 0 Å². The molecule has 1 aromatic rings. The molecule has 3 heteroatoms. The molecule has 0 atom stereocenters. The molecule has 0 aromatic heterocycles. The second-order valence-corrected chi connectivity index (χ2v) is 4.96. The molecule has 0 radical (unpaired) electrons. The number of aromatic hydroxyl groups is 1. The number of anilines is 1. The van der Waals surface area contributed by atoms with E-state index in [1.54, 1.807) is 0 Å². The summed E-state index contributed by atoms with van der Waals surface area (Å²) in [7, 11) is 0. The number of phenolic OH excluding ortho intramolecular Hbond substituents is 1. The maximum atomic E-state index is 10.1. The van der Waals surface area contributed by atoms with E-state index in [4.69, 9.17) is 5.73 Å². The van der Waals surface area contributed by atoms with Gasteiger partial charge in [0.05, 0.1) is 0 Å². The highest BCUT2D eigenvalue weighted by atomic mass is 16.3. The Hall–Kier alpha value is -1.22. The van der Waals surface area contributed by atoms with E-state index in [1.165, 1.54) is 0 Å². The van der Waals surface area contributed by atoms with Crippen LogP contribution in [-0.2, 0) is 5.41 Å². The van der Waals surface area contributed by atoms with Crippen LogP contribution in [0.15, 0.2) is 18.2 Å². The van der Waals surface area contributed by atoms with Gasteiger partial charge in [-0.2, -0.15) is 0 Å². The molecule has 0 saturated carbocycles. The lowest BCUT2D eigenvalue weighted by atomic mass is 9.84. The van der Waals surface area contributed by atoms with E-state index in [2.05, 4.69) is 24.8 Å². The van der Waals surface area contributed by atoms with Crippen molar-refractivity contribution in [3.05, 3.63) is 23.8 Å². The molecule has 1 aromatic carbocycles. The first-order valence-electron chi connectivity index (χ1n) is 6.24. The molecule has 0 aliphatic carbocycles. The van der Waals surface area contributed by atoms with E-state index in [1.807, 2.05) is 26.0 Å². The lowest BCUT2D eigenvalue weighted by Gasteiger charge is -2.26. The molecule has 0 bridgehead atoms. The molecule has 3 N–H and O–H groups in total. The minimum atomic E-state index is -0.189. The van der Waals surface area contributed by atoms with Crippen LogP contribution in [0.4, 0.5) is 5.69 Å². The molecule has 0 aliphatic rings. The van der Waals surface area contributed by atoms with Crippen molar-refractivity contribution >= 4 is 5.69 Å². The summed E-state index contributed by atoms with van der Waals surface area (Å²) >= 11 is 0. The second-order valence-electron chi connectivity index (χ2n) is 4.96. The van der Waals surface area contributed by atoms with Crippen LogP contribution in [0.25, 0.3) is 0 Å². The minimum Gasteiger partial charge on any atom is -0.508 e. The van der Waals surface area contributed by atoms with E-state index in [0.29, 0.717) is 12.3 Å². The number of hydrogen-bond donors (Lipinski definition) is 2. The summed E-state index contributed by atoms with van der Waals surface area (Å²) in [6.45, 7) is 10.7. The summed E-state index contributed by atoms with van der Waals surface area (Å²) < 4.78 is 0. The van der Waals surface area contributed by atoms with Gasteiger partial charge in [-0.1, -0.05) is 19.9 Å². The third kappa shape index (κ3) is 2.91. The molecule has 96 valence electrons. The summed E-state index contributed by atoms with van der Waals surface area (Å²) in [5.74, 6) is 0.338. The van der Waals surface area contributed by atoms with Crippen molar-refractivity contribution in [2.75, 3.05) is 24.5 Å². The highest BCUT2D eigenvalue weighted by Crippen LogP contribution is 2.33. The van der Waals surface area contributed by atoms with Crippen LogP contribution >= 0.6 is 0 Å². The van der Waals surface area contributed by atoms with E-state index < -0.39 is 0 Å². The Morgan fingerprint density at radius 1 is 1.24 bits per heavy atom. The lowest BCUT2D eigenvalue weighted by Crippen LogP contribution is -2.28. The van der Waals surface area contributed by atoms with Gasteiger partial charge in [-0.25, -0.2) is 0 Å². The first-order chi connectivity index (χ1) is 7.96. The number of rotatable bonds is 5. The van der Waals surface area contributed by atoms with Gasteiger partial charge in [-0.3, -0.25) is 0 Å². The van der Waals surface area contributed by atoms with Crippen molar-refractivity contribution in [2.45, 2.75) is 33.1 Å². The summed E-state index contributed by atoms with van der Waals surface area (Å²) in [4.78, 5) is 2.21. The summed E-state index contributed by atoms with van der Waals surface area (Å²) in [5.41, 5.74) is 7.52. The largest absolute Gasteiger partial charge is 0.508 e. The highest BCUT2D eigenvalue weighted by molar-refractivity contribution is 5.54. The molecule has 3 nitrogen and oxygen atoms in total. The maximum Gasteiger partial charge on any atom is 0.121 e. The maximum absolute atomic E-state index is 10.1. The predicted octanol–water partition coefficient (Wildman–Crippen LogP) is 2.47. The molecule has 0 fully saturated rings. The van der Waals surface area contributed by atoms with Crippen LogP contribution < -0.4 is 10.6 Å². The average molecular weight is 236 g/mol. The SMILES string of the molecule is CCN(CC)c1ccc(C(C)(C)CN)c(O)c1. The topological polar surface area (TPSA) is 49.5 Å². The Morgan fingerprint density at radius 3 is 2.24 bits per heavy atom. The van der Waals surface area contributed by atoms with Crippen molar-refractivity contribution < 1.29 is 5.11 Å². The van der Waals surface area contributed by atoms with Crippen LogP contribution in [-0.4, -0.2) is 24.7 Å². The van der Waals surface area contributed by atoms with Gasteiger partial charge in [-0.05, 0) is 19.9 Å². The fraction of sp³-hybridized carbons (Fsp3) is 0.571. The first-order valence-corrected chi connectivity index (χ1v) is 6.24. The minimum absolute atomic E-state index is 0.189. The Balaban J connectivity index is 3.10. The quantitative estimate of drug-likeness (QED) is 0.825. The Labute approximate surface area is 104 Å². The molecular weight excluding hydrogens is 212 g/mol. The number of phenols is 1. The van der Waals surface area contributed by atoms with Gasteiger partial charge in [0.25, 0.3) is 0 Å². The Morgan fingerprint density at radius 2 is 1.82 bits per heavy atom. The fourth-order valence-corrected chi connectivity index (χ4v) is 1.99. The number of nitrogens with zero attached hydrogens (tertiary/aromatic N) is 1. The molecule has 17 heavy (non-hydrogen) atoms. The average Bonchev–Trinajstić information content (AvgIpc) is 2.30. The molecule has 0 heterocycles. The molecule has 0 aliphatic heterocycles. The van der Waals surface area contributed by atoms with Crippen LogP contribution in [0.3, 0.4) is 0 Å². The summed E-state index contributed by atoms with van der Waals surface area (Å²) in [5, 5.41) is 10.1. The van der Waals surface area contributed by atoms with Crippen molar-refractivity contribution in [1.82, 2.24) is 0 Å². The number of benzene rings is 1. The molecular formula is C14H24N2O. The van der Waals surface area contributed by atoms with Crippen molar-refractivity contribution in [2.24, 2.45) is 5.73 Å². The van der Waals surface area contributed by atoms with Gasteiger partial charge in [0.2, 0.25) is 0 Å². The van der Waals surface area contributed by atoms with Gasteiger partial charge >= 0.3 is 0 Å². The number of hydrogen-bond acceptors (Lipinski definition) is 3. The van der Waals surface area contributed by atoms with Gasteiger partial charge in [0, 0.05) is 42.4 Å². The molecule has 0 spiro atoms. The second kappa shape index (κ2) is 5.41. The number of nitrogens with two attached hydrogens (primary N) is 1. The predicted molar refractivity (Wildman–Crippen MR) is 73.7 cm³/mol. The van der Waals surface area contributed by atoms with Crippen LogP contribution in [0.5, 0.6) is 5.75 Å². The Bertz CT molecular complexity index is 370. The van der Waals surface area contributed by atoms with E-state index in [0.717, 1.165) is 24.3 Å². The third-order valence-electron chi connectivity index (χ3n) is 3.35. The Kier molecular flexibility index (Phi) is 4.40. The van der Waals surface area contributed by atoms with Crippen molar-refractivity contribution in [3.63, 3.8) is 0 Å². The van der Waals surface area contributed by atoms with E-state index in [-0.39, 0.29) is 5.41 Å². The van der Waals surface area contributed by atoms with E-state index in [9.17, 15) is 5.11 Å². The van der Waals surface area contributed by atoms with Gasteiger partial charge in [0.1, 0.15) is 5.75 Å².